The van der Waals surface area contributed by atoms with Gasteiger partial charge in [0.2, 0.25) is 0 Å². The summed E-state index contributed by atoms with van der Waals surface area (Å²) >= 11 is 6.18. The molecule has 0 saturated carbocycles. The van der Waals surface area contributed by atoms with Crippen LogP contribution in [0.1, 0.15) is 11.1 Å². The van der Waals surface area contributed by atoms with Gasteiger partial charge in [0, 0.05) is 42.8 Å². The molecule has 6 heteroatoms. The SMILES string of the molecule is Cc1c(Cl)cccc1Nc1cc(N(C)CCc2ccncc2)ncn1. The summed E-state index contributed by atoms with van der Waals surface area (Å²) in [7, 11) is 2.03. The smallest absolute Gasteiger partial charge is 0.135 e. The molecule has 0 radical (unpaired) electrons. The van der Waals surface area contributed by atoms with Gasteiger partial charge in [0.25, 0.3) is 0 Å². The summed E-state index contributed by atoms with van der Waals surface area (Å²) in [4.78, 5) is 14.8. The van der Waals surface area contributed by atoms with Crippen LogP contribution in [0.2, 0.25) is 5.02 Å². The largest absolute Gasteiger partial charge is 0.359 e. The van der Waals surface area contributed by atoms with Crippen molar-refractivity contribution in [2.75, 3.05) is 23.8 Å². The Morgan fingerprint density at radius 2 is 1.92 bits per heavy atom. The number of rotatable bonds is 6. The Balaban J connectivity index is 1.69. The molecule has 1 N–H and O–H groups in total. The van der Waals surface area contributed by atoms with E-state index in [4.69, 9.17) is 11.6 Å². The standard InChI is InChI=1S/C19H20ClN5/c1-14-16(20)4-3-5-17(14)24-18-12-19(23-13-22-18)25(2)11-8-15-6-9-21-10-7-15/h3-7,9-10,12-13H,8,11H2,1-2H3,(H,22,23,24). The fraction of sp³-hybridized carbons (Fsp3) is 0.211. The Bertz CT molecular complexity index is 838. The van der Waals surface area contributed by atoms with Crippen molar-refractivity contribution in [1.29, 1.82) is 0 Å². The highest BCUT2D eigenvalue weighted by atomic mass is 35.5. The molecule has 0 atom stereocenters. The molecule has 3 rings (SSSR count). The number of pyridine rings is 1. The van der Waals surface area contributed by atoms with E-state index in [9.17, 15) is 0 Å². The maximum Gasteiger partial charge on any atom is 0.135 e. The van der Waals surface area contributed by atoms with Crippen molar-refractivity contribution in [3.8, 4) is 0 Å². The summed E-state index contributed by atoms with van der Waals surface area (Å²) in [5.41, 5.74) is 3.19. The average Bonchev–Trinajstić information content (AvgIpc) is 2.64. The first-order valence-corrected chi connectivity index (χ1v) is 8.45. The van der Waals surface area contributed by atoms with Crippen molar-refractivity contribution >= 4 is 28.9 Å². The monoisotopic (exact) mass is 353 g/mol. The fourth-order valence-corrected chi connectivity index (χ4v) is 2.64. The molecule has 1 aromatic carbocycles. The summed E-state index contributed by atoms with van der Waals surface area (Å²) < 4.78 is 0. The molecule has 0 aliphatic rings. The Morgan fingerprint density at radius 1 is 1.12 bits per heavy atom. The highest BCUT2D eigenvalue weighted by molar-refractivity contribution is 6.31. The minimum absolute atomic E-state index is 0.730. The van der Waals surface area contributed by atoms with Gasteiger partial charge in [-0.15, -0.1) is 0 Å². The van der Waals surface area contributed by atoms with E-state index in [1.54, 1.807) is 6.33 Å². The molecule has 0 bridgehead atoms. The van der Waals surface area contributed by atoms with Gasteiger partial charge in [0.15, 0.2) is 0 Å². The Hall–Kier alpha value is -2.66. The first kappa shape index (κ1) is 17.2. The Morgan fingerprint density at radius 3 is 2.72 bits per heavy atom. The van der Waals surface area contributed by atoms with Crippen molar-refractivity contribution < 1.29 is 0 Å². The van der Waals surface area contributed by atoms with Crippen LogP contribution in [0.15, 0.2) is 55.1 Å². The highest BCUT2D eigenvalue weighted by Crippen LogP contribution is 2.26. The second-order valence-corrected chi connectivity index (χ2v) is 6.23. The normalized spacial score (nSPS) is 10.5. The number of aromatic nitrogens is 3. The number of anilines is 3. The van der Waals surface area contributed by atoms with Gasteiger partial charge in [-0.05, 0) is 48.7 Å². The van der Waals surface area contributed by atoms with Crippen LogP contribution >= 0.6 is 11.6 Å². The number of likely N-dealkylation sites (N-methyl/N-ethyl adjacent to an activating group) is 1. The first-order chi connectivity index (χ1) is 12.1. The van der Waals surface area contributed by atoms with E-state index >= 15 is 0 Å². The summed E-state index contributed by atoms with van der Waals surface area (Å²) in [5.74, 6) is 1.61. The summed E-state index contributed by atoms with van der Waals surface area (Å²) in [5, 5.41) is 4.04. The van der Waals surface area contributed by atoms with Crippen LogP contribution in [-0.4, -0.2) is 28.5 Å². The lowest BCUT2D eigenvalue weighted by Gasteiger charge is -2.19. The molecule has 0 aliphatic carbocycles. The quantitative estimate of drug-likeness (QED) is 0.717. The molecule has 0 aliphatic heterocycles. The van der Waals surface area contributed by atoms with E-state index in [1.807, 2.05) is 62.8 Å². The Kier molecular flexibility index (Phi) is 5.46. The number of hydrogen-bond acceptors (Lipinski definition) is 5. The van der Waals surface area contributed by atoms with Crippen LogP contribution < -0.4 is 10.2 Å². The van der Waals surface area contributed by atoms with Gasteiger partial charge in [0.05, 0.1) is 0 Å². The molecule has 0 unspecified atom stereocenters. The minimum Gasteiger partial charge on any atom is -0.359 e. The number of benzene rings is 1. The zero-order valence-electron chi connectivity index (χ0n) is 14.3. The van der Waals surface area contributed by atoms with Gasteiger partial charge in [-0.25, -0.2) is 9.97 Å². The first-order valence-electron chi connectivity index (χ1n) is 8.07. The van der Waals surface area contributed by atoms with Crippen LogP contribution in [0.5, 0.6) is 0 Å². The van der Waals surface area contributed by atoms with Gasteiger partial charge < -0.3 is 10.2 Å². The van der Waals surface area contributed by atoms with E-state index in [0.29, 0.717) is 0 Å². The predicted octanol–water partition coefficient (Wildman–Crippen LogP) is 4.26. The van der Waals surface area contributed by atoms with E-state index in [1.165, 1.54) is 5.56 Å². The summed E-state index contributed by atoms with van der Waals surface area (Å²) in [6.45, 7) is 2.84. The molecule has 2 aromatic heterocycles. The molecule has 0 saturated heterocycles. The summed E-state index contributed by atoms with van der Waals surface area (Å²) in [6, 6.07) is 11.8. The third-order valence-electron chi connectivity index (χ3n) is 4.06. The molecular formula is C19H20ClN5. The molecule has 5 nitrogen and oxygen atoms in total. The van der Waals surface area contributed by atoms with E-state index < -0.39 is 0 Å². The number of nitrogens with zero attached hydrogens (tertiary/aromatic N) is 4. The molecule has 0 spiro atoms. The number of halogens is 1. The van der Waals surface area contributed by atoms with Gasteiger partial charge in [-0.2, -0.15) is 0 Å². The molecule has 128 valence electrons. The molecule has 0 amide bonds. The van der Waals surface area contributed by atoms with E-state index in [-0.39, 0.29) is 0 Å². The molecular weight excluding hydrogens is 334 g/mol. The zero-order valence-corrected chi connectivity index (χ0v) is 15.0. The minimum atomic E-state index is 0.730. The predicted molar refractivity (Wildman–Crippen MR) is 103 cm³/mol. The molecule has 3 aromatic rings. The van der Waals surface area contributed by atoms with Gasteiger partial charge in [-0.3, -0.25) is 4.98 Å². The number of nitrogens with one attached hydrogen (secondary N) is 1. The van der Waals surface area contributed by atoms with Crippen LogP contribution in [-0.2, 0) is 6.42 Å². The lowest BCUT2D eigenvalue weighted by molar-refractivity contribution is 0.855. The van der Waals surface area contributed by atoms with Gasteiger partial charge in [0.1, 0.15) is 18.0 Å². The second-order valence-electron chi connectivity index (χ2n) is 5.83. The average molecular weight is 354 g/mol. The fourth-order valence-electron chi connectivity index (χ4n) is 2.47. The van der Waals surface area contributed by atoms with Crippen molar-refractivity contribution in [3.05, 3.63) is 71.3 Å². The third-order valence-corrected chi connectivity index (χ3v) is 4.47. The zero-order chi connectivity index (χ0) is 17.6. The summed E-state index contributed by atoms with van der Waals surface area (Å²) in [6.07, 6.45) is 6.13. The van der Waals surface area contributed by atoms with Crippen LogP contribution in [0.4, 0.5) is 17.3 Å². The molecule has 25 heavy (non-hydrogen) atoms. The van der Waals surface area contributed by atoms with Crippen LogP contribution in [0.3, 0.4) is 0 Å². The van der Waals surface area contributed by atoms with Gasteiger partial charge >= 0.3 is 0 Å². The lowest BCUT2D eigenvalue weighted by atomic mass is 10.2. The van der Waals surface area contributed by atoms with Crippen LogP contribution in [0.25, 0.3) is 0 Å². The van der Waals surface area contributed by atoms with Gasteiger partial charge in [-0.1, -0.05) is 17.7 Å². The number of hydrogen-bond donors (Lipinski definition) is 1. The van der Waals surface area contributed by atoms with Crippen molar-refractivity contribution in [3.63, 3.8) is 0 Å². The maximum absolute atomic E-state index is 6.18. The van der Waals surface area contributed by atoms with E-state index in [2.05, 4.69) is 25.2 Å². The van der Waals surface area contributed by atoms with Crippen molar-refractivity contribution in [1.82, 2.24) is 15.0 Å². The van der Waals surface area contributed by atoms with Crippen molar-refractivity contribution in [2.45, 2.75) is 13.3 Å². The Labute approximate surface area is 152 Å². The highest BCUT2D eigenvalue weighted by Gasteiger charge is 2.07. The van der Waals surface area contributed by atoms with Crippen LogP contribution in [0, 0.1) is 6.92 Å². The van der Waals surface area contributed by atoms with Crippen molar-refractivity contribution in [2.24, 2.45) is 0 Å². The van der Waals surface area contributed by atoms with E-state index in [0.717, 1.165) is 40.9 Å². The maximum atomic E-state index is 6.18. The molecule has 0 fully saturated rings. The lowest BCUT2D eigenvalue weighted by Crippen LogP contribution is -2.21. The third kappa shape index (κ3) is 4.45. The molecule has 2 heterocycles. The topological polar surface area (TPSA) is 53.9 Å². The second kappa shape index (κ2) is 7.94.